The van der Waals surface area contributed by atoms with Crippen molar-refractivity contribution in [2.24, 2.45) is 0 Å². The third-order valence-electron chi connectivity index (χ3n) is 7.82. The quantitative estimate of drug-likeness (QED) is 0.254. The molecule has 1 heterocycles. The SMILES string of the molecule is c1ccc2cc(-c3cc4ccccc4cc3-c3ccc(Nc4cccc5oc6ccccc6c45)cc3)ccc2c1. The predicted octanol–water partition coefficient (Wildman–Crippen LogP) is 11.0. The molecule has 0 aliphatic heterocycles. The van der Waals surface area contributed by atoms with Crippen LogP contribution >= 0.6 is 0 Å². The lowest BCUT2D eigenvalue weighted by Gasteiger charge is -2.15. The highest BCUT2D eigenvalue weighted by molar-refractivity contribution is 6.12. The third-order valence-corrected chi connectivity index (χ3v) is 7.82. The molecule has 8 rings (SSSR count). The van der Waals surface area contributed by atoms with Crippen LogP contribution in [-0.2, 0) is 0 Å². The van der Waals surface area contributed by atoms with Crippen molar-refractivity contribution in [1.82, 2.24) is 0 Å². The van der Waals surface area contributed by atoms with Crippen molar-refractivity contribution in [1.29, 1.82) is 0 Å². The lowest BCUT2D eigenvalue weighted by molar-refractivity contribution is 0.669. The Morgan fingerprint density at radius 3 is 1.80 bits per heavy atom. The van der Waals surface area contributed by atoms with Gasteiger partial charge < -0.3 is 9.73 Å². The van der Waals surface area contributed by atoms with Crippen LogP contribution in [0.1, 0.15) is 0 Å². The van der Waals surface area contributed by atoms with Crippen LogP contribution in [-0.4, -0.2) is 0 Å². The first-order chi connectivity index (χ1) is 19.8. The van der Waals surface area contributed by atoms with Crippen LogP contribution < -0.4 is 5.32 Å². The maximum atomic E-state index is 6.08. The largest absolute Gasteiger partial charge is 0.456 e. The van der Waals surface area contributed by atoms with E-state index in [0.29, 0.717) is 0 Å². The van der Waals surface area contributed by atoms with Crippen molar-refractivity contribution in [2.75, 3.05) is 5.32 Å². The van der Waals surface area contributed by atoms with Crippen LogP contribution in [0.25, 0.3) is 65.7 Å². The number of para-hydroxylation sites is 1. The lowest BCUT2D eigenvalue weighted by Crippen LogP contribution is -1.92. The van der Waals surface area contributed by atoms with Crippen molar-refractivity contribution in [3.8, 4) is 22.3 Å². The number of nitrogens with one attached hydrogen (secondary N) is 1. The lowest BCUT2D eigenvalue weighted by atomic mass is 9.90. The number of fused-ring (bicyclic) bond motifs is 5. The first-order valence-corrected chi connectivity index (χ1v) is 13.6. The number of hydrogen-bond acceptors (Lipinski definition) is 2. The van der Waals surface area contributed by atoms with Gasteiger partial charge in [0.1, 0.15) is 11.2 Å². The fraction of sp³-hybridized carbons (Fsp3) is 0. The highest BCUT2D eigenvalue weighted by Gasteiger charge is 2.13. The standard InChI is InChI=1S/C38H25NO/c1-2-9-27-22-30(17-16-25(27)8-1)34-24-29-11-4-3-10-28(29)23-33(34)26-18-20-31(21-19-26)39-35-13-7-15-37-38(35)32-12-5-6-14-36(32)40-37/h1-24,39H. The van der Waals surface area contributed by atoms with Crippen molar-refractivity contribution in [3.63, 3.8) is 0 Å². The van der Waals surface area contributed by atoms with E-state index in [0.717, 1.165) is 33.3 Å². The van der Waals surface area contributed by atoms with Gasteiger partial charge in [0.15, 0.2) is 0 Å². The van der Waals surface area contributed by atoms with Gasteiger partial charge in [-0.25, -0.2) is 0 Å². The molecule has 0 unspecified atom stereocenters. The van der Waals surface area contributed by atoms with E-state index in [1.807, 2.05) is 24.3 Å². The molecule has 2 heteroatoms. The molecule has 0 aliphatic rings. The average Bonchev–Trinajstić information content (AvgIpc) is 3.40. The van der Waals surface area contributed by atoms with Crippen LogP contribution in [0.15, 0.2) is 150 Å². The summed E-state index contributed by atoms with van der Waals surface area (Å²) in [4.78, 5) is 0. The summed E-state index contributed by atoms with van der Waals surface area (Å²) in [5.41, 5.74) is 8.74. The summed E-state index contributed by atoms with van der Waals surface area (Å²) in [7, 11) is 0. The second kappa shape index (κ2) is 9.14. The van der Waals surface area contributed by atoms with E-state index in [9.17, 15) is 0 Å². The van der Waals surface area contributed by atoms with E-state index in [1.54, 1.807) is 0 Å². The minimum Gasteiger partial charge on any atom is -0.456 e. The molecule has 7 aromatic carbocycles. The first-order valence-electron chi connectivity index (χ1n) is 13.6. The van der Waals surface area contributed by atoms with Crippen molar-refractivity contribution >= 4 is 54.9 Å². The van der Waals surface area contributed by atoms with Gasteiger partial charge in [-0.05, 0) is 92.3 Å². The van der Waals surface area contributed by atoms with Crippen LogP contribution in [0.4, 0.5) is 11.4 Å². The van der Waals surface area contributed by atoms with Crippen LogP contribution in [0.3, 0.4) is 0 Å². The van der Waals surface area contributed by atoms with Gasteiger partial charge in [-0.2, -0.15) is 0 Å². The Morgan fingerprint density at radius 1 is 0.425 bits per heavy atom. The Morgan fingerprint density at radius 2 is 1.02 bits per heavy atom. The van der Waals surface area contributed by atoms with Gasteiger partial charge in [-0.15, -0.1) is 0 Å². The number of hydrogen-bond donors (Lipinski definition) is 1. The molecule has 188 valence electrons. The normalized spacial score (nSPS) is 11.5. The van der Waals surface area contributed by atoms with Crippen molar-refractivity contribution < 1.29 is 4.42 Å². The third kappa shape index (κ3) is 3.81. The van der Waals surface area contributed by atoms with E-state index < -0.39 is 0 Å². The molecule has 0 atom stereocenters. The molecule has 40 heavy (non-hydrogen) atoms. The molecule has 0 spiro atoms. The second-order valence-electron chi connectivity index (χ2n) is 10.3. The summed E-state index contributed by atoms with van der Waals surface area (Å²) in [5.74, 6) is 0. The van der Waals surface area contributed by atoms with Gasteiger partial charge in [0.25, 0.3) is 0 Å². The van der Waals surface area contributed by atoms with Crippen LogP contribution in [0.2, 0.25) is 0 Å². The predicted molar refractivity (Wildman–Crippen MR) is 169 cm³/mol. The van der Waals surface area contributed by atoms with Gasteiger partial charge in [0.2, 0.25) is 0 Å². The monoisotopic (exact) mass is 511 g/mol. The van der Waals surface area contributed by atoms with Crippen molar-refractivity contribution in [3.05, 3.63) is 146 Å². The molecule has 0 saturated carbocycles. The molecule has 2 nitrogen and oxygen atoms in total. The summed E-state index contributed by atoms with van der Waals surface area (Å²) in [6, 6.07) is 51.7. The van der Waals surface area contributed by atoms with Crippen LogP contribution in [0, 0.1) is 0 Å². The van der Waals surface area contributed by atoms with E-state index in [2.05, 4.69) is 127 Å². The minimum absolute atomic E-state index is 0.888. The van der Waals surface area contributed by atoms with Crippen LogP contribution in [0.5, 0.6) is 0 Å². The number of benzene rings is 7. The number of anilines is 2. The Kier molecular flexibility index (Phi) is 5.17. The molecule has 1 aromatic heterocycles. The summed E-state index contributed by atoms with van der Waals surface area (Å²) >= 11 is 0. The Labute approximate surface area is 232 Å². The minimum atomic E-state index is 0.888. The van der Waals surface area contributed by atoms with Gasteiger partial charge in [0.05, 0.1) is 11.1 Å². The molecule has 0 saturated heterocycles. The zero-order chi connectivity index (χ0) is 26.5. The fourth-order valence-electron chi connectivity index (χ4n) is 5.84. The first kappa shape index (κ1) is 22.6. The summed E-state index contributed by atoms with van der Waals surface area (Å²) in [5, 5.41) is 10.9. The fourth-order valence-corrected chi connectivity index (χ4v) is 5.84. The van der Waals surface area contributed by atoms with E-state index >= 15 is 0 Å². The highest BCUT2D eigenvalue weighted by atomic mass is 16.3. The van der Waals surface area contributed by atoms with E-state index in [-0.39, 0.29) is 0 Å². The topological polar surface area (TPSA) is 25.2 Å². The zero-order valence-corrected chi connectivity index (χ0v) is 21.8. The van der Waals surface area contributed by atoms with Gasteiger partial charge in [-0.3, -0.25) is 0 Å². The maximum Gasteiger partial charge on any atom is 0.137 e. The molecule has 8 aromatic rings. The molecule has 1 N–H and O–H groups in total. The molecule has 0 bridgehead atoms. The van der Waals surface area contributed by atoms with Gasteiger partial charge in [-0.1, -0.05) is 97.1 Å². The summed E-state index contributed by atoms with van der Waals surface area (Å²) < 4.78 is 6.08. The Hall–Kier alpha value is -5.34. The zero-order valence-electron chi connectivity index (χ0n) is 21.8. The van der Waals surface area contributed by atoms with E-state index in [4.69, 9.17) is 4.42 Å². The molecule has 0 aliphatic carbocycles. The number of rotatable bonds is 4. The average molecular weight is 512 g/mol. The van der Waals surface area contributed by atoms with Crippen molar-refractivity contribution in [2.45, 2.75) is 0 Å². The maximum absolute atomic E-state index is 6.08. The summed E-state index contributed by atoms with van der Waals surface area (Å²) in [6.45, 7) is 0. The highest BCUT2D eigenvalue weighted by Crippen LogP contribution is 2.39. The van der Waals surface area contributed by atoms with E-state index in [1.165, 1.54) is 43.8 Å². The molecule has 0 radical (unpaired) electrons. The molecule has 0 amide bonds. The molecular formula is C38H25NO. The Balaban J connectivity index is 1.22. The number of furan rings is 1. The molecule has 0 fully saturated rings. The Bertz CT molecular complexity index is 2190. The van der Waals surface area contributed by atoms with Gasteiger partial charge in [0, 0.05) is 11.1 Å². The molecular weight excluding hydrogens is 486 g/mol. The summed E-state index contributed by atoms with van der Waals surface area (Å²) in [6.07, 6.45) is 0. The second-order valence-corrected chi connectivity index (χ2v) is 10.3. The van der Waals surface area contributed by atoms with Gasteiger partial charge >= 0.3 is 0 Å². The smallest absolute Gasteiger partial charge is 0.137 e.